The van der Waals surface area contributed by atoms with Gasteiger partial charge in [-0.1, -0.05) is 11.6 Å². The van der Waals surface area contributed by atoms with Crippen LogP contribution >= 0.6 is 23.2 Å². The van der Waals surface area contributed by atoms with Gasteiger partial charge in [0.1, 0.15) is 11.3 Å². The number of amides is 1. The summed E-state index contributed by atoms with van der Waals surface area (Å²) in [6.07, 6.45) is 2.30. The highest BCUT2D eigenvalue weighted by molar-refractivity contribution is 6.30. The lowest BCUT2D eigenvalue weighted by Gasteiger charge is -2.38. The first kappa shape index (κ1) is 16.5. The van der Waals surface area contributed by atoms with E-state index in [0.717, 1.165) is 12.8 Å². The molecule has 10 heteroatoms. The summed E-state index contributed by atoms with van der Waals surface area (Å²) >= 11 is 11.7. The zero-order chi connectivity index (χ0) is 17.7. The number of anilines is 1. The number of rotatable bonds is 2. The van der Waals surface area contributed by atoms with Crippen LogP contribution in [0, 0.1) is 17.7 Å². The van der Waals surface area contributed by atoms with Gasteiger partial charge in [0, 0.05) is 25.3 Å². The van der Waals surface area contributed by atoms with Crippen LogP contribution in [-0.4, -0.2) is 45.3 Å². The molecule has 3 heterocycles. The van der Waals surface area contributed by atoms with Gasteiger partial charge in [-0.15, -0.1) is 0 Å². The maximum absolute atomic E-state index is 14.3. The molecule has 132 valence electrons. The fourth-order valence-corrected chi connectivity index (χ4v) is 4.31. The van der Waals surface area contributed by atoms with E-state index < -0.39 is 11.9 Å². The minimum Gasteiger partial charge on any atom is -0.465 e. The molecule has 0 spiro atoms. The average Bonchev–Trinajstić information content (AvgIpc) is 2.80. The summed E-state index contributed by atoms with van der Waals surface area (Å²) in [5, 5.41) is 11.7. The predicted molar refractivity (Wildman–Crippen MR) is 90.7 cm³/mol. The molecule has 4 rings (SSSR count). The van der Waals surface area contributed by atoms with Gasteiger partial charge in [-0.3, -0.25) is 0 Å². The summed E-state index contributed by atoms with van der Waals surface area (Å²) in [5.41, 5.74) is 0.0353. The Labute approximate surface area is 152 Å². The molecule has 2 aromatic rings. The lowest BCUT2D eigenvalue weighted by Crippen LogP contribution is -2.52. The number of halogens is 3. The van der Waals surface area contributed by atoms with Gasteiger partial charge in [0.05, 0.1) is 5.39 Å². The van der Waals surface area contributed by atoms with Crippen LogP contribution in [0.2, 0.25) is 10.4 Å². The first-order chi connectivity index (χ1) is 11.9. The SMILES string of the molecule is O=C(O)N[C@@H]1[C@@H]2CC[C@H]1CN(c1nc(Cl)nc3c(F)c(Cl)ncc13)C2. The number of nitrogens with zero attached hydrogens (tertiary/aromatic N) is 4. The highest BCUT2D eigenvalue weighted by atomic mass is 35.5. The van der Waals surface area contributed by atoms with Crippen molar-refractivity contribution >= 4 is 46.0 Å². The molecule has 1 amide bonds. The van der Waals surface area contributed by atoms with Crippen molar-refractivity contribution in [2.24, 2.45) is 11.8 Å². The van der Waals surface area contributed by atoms with Gasteiger partial charge in [0.15, 0.2) is 11.0 Å². The van der Waals surface area contributed by atoms with Crippen molar-refractivity contribution in [3.63, 3.8) is 0 Å². The van der Waals surface area contributed by atoms with Crippen LogP contribution in [0.4, 0.5) is 15.0 Å². The molecule has 1 aliphatic carbocycles. The number of nitrogens with one attached hydrogen (secondary N) is 1. The molecule has 25 heavy (non-hydrogen) atoms. The summed E-state index contributed by atoms with van der Waals surface area (Å²) in [5.74, 6) is 0.117. The largest absolute Gasteiger partial charge is 0.465 e. The van der Waals surface area contributed by atoms with E-state index in [9.17, 15) is 9.18 Å². The standard InChI is InChI=1S/C15H14Cl2FN5O2/c16-12-9(18)11-8(3-19-12)13(22-14(17)20-11)23-4-6-1-2-7(5-23)10(6)21-15(24)25/h3,6-7,10,21H,1-2,4-5H2,(H,24,25)/t6-,7+,10-. The second-order valence-electron chi connectivity index (χ2n) is 6.42. The van der Waals surface area contributed by atoms with Gasteiger partial charge < -0.3 is 15.3 Å². The maximum Gasteiger partial charge on any atom is 0.404 e. The molecule has 0 aromatic carbocycles. The molecule has 2 bridgehead atoms. The van der Waals surface area contributed by atoms with E-state index in [1.54, 1.807) is 0 Å². The molecule has 2 fully saturated rings. The maximum atomic E-state index is 14.3. The number of carbonyl (C=O) groups is 1. The van der Waals surface area contributed by atoms with Gasteiger partial charge in [0.25, 0.3) is 0 Å². The third-order valence-electron chi connectivity index (χ3n) is 5.02. The van der Waals surface area contributed by atoms with Crippen LogP contribution in [0.5, 0.6) is 0 Å². The number of pyridine rings is 1. The minimum atomic E-state index is -1.01. The topological polar surface area (TPSA) is 91.2 Å². The van der Waals surface area contributed by atoms with E-state index in [1.807, 2.05) is 4.90 Å². The van der Waals surface area contributed by atoms with Crippen molar-refractivity contribution in [3.05, 3.63) is 22.5 Å². The first-order valence-electron chi connectivity index (χ1n) is 7.85. The van der Waals surface area contributed by atoms with Gasteiger partial charge in [-0.2, -0.15) is 4.98 Å². The monoisotopic (exact) mass is 385 g/mol. The highest BCUT2D eigenvalue weighted by Gasteiger charge is 2.43. The third kappa shape index (κ3) is 2.83. The zero-order valence-corrected chi connectivity index (χ0v) is 14.4. The van der Waals surface area contributed by atoms with Crippen LogP contribution in [-0.2, 0) is 0 Å². The number of aromatic nitrogens is 3. The molecule has 2 aromatic heterocycles. The van der Waals surface area contributed by atoms with Crippen LogP contribution in [0.25, 0.3) is 10.9 Å². The number of hydrogen-bond donors (Lipinski definition) is 2. The lowest BCUT2D eigenvalue weighted by atomic mass is 9.92. The summed E-state index contributed by atoms with van der Waals surface area (Å²) in [7, 11) is 0. The summed E-state index contributed by atoms with van der Waals surface area (Å²) < 4.78 is 14.3. The number of hydrogen-bond acceptors (Lipinski definition) is 5. The normalized spacial score (nSPS) is 25.4. The van der Waals surface area contributed by atoms with Crippen LogP contribution in [0.1, 0.15) is 12.8 Å². The Morgan fingerprint density at radius 1 is 1.28 bits per heavy atom. The summed E-state index contributed by atoms with van der Waals surface area (Å²) in [4.78, 5) is 25.1. The Kier molecular flexibility index (Phi) is 4.04. The average molecular weight is 386 g/mol. The number of piperidine rings is 1. The molecule has 2 aliphatic rings. The van der Waals surface area contributed by atoms with Crippen LogP contribution in [0.3, 0.4) is 0 Å². The quantitative estimate of drug-likeness (QED) is 0.609. The van der Waals surface area contributed by atoms with E-state index in [1.165, 1.54) is 6.20 Å². The lowest BCUT2D eigenvalue weighted by molar-refractivity contribution is 0.178. The highest BCUT2D eigenvalue weighted by Crippen LogP contribution is 2.40. The molecule has 0 radical (unpaired) electrons. The van der Waals surface area contributed by atoms with Gasteiger partial charge in [-0.25, -0.2) is 19.2 Å². The van der Waals surface area contributed by atoms with E-state index >= 15 is 0 Å². The summed E-state index contributed by atoms with van der Waals surface area (Å²) in [6, 6.07) is -0.0679. The molecule has 0 unspecified atom stereocenters. The van der Waals surface area contributed by atoms with Gasteiger partial charge in [0.2, 0.25) is 5.28 Å². The van der Waals surface area contributed by atoms with Crippen LogP contribution in [0.15, 0.2) is 6.20 Å². The van der Waals surface area contributed by atoms with E-state index in [2.05, 4.69) is 20.3 Å². The van der Waals surface area contributed by atoms with Crippen LogP contribution < -0.4 is 10.2 Å². The molecule has 7 nitrogen and oxygen atoms in total. The molecular formula is C15H14Cl2FN5O2. The second kappa shape index (κ2) is 6.10. The third-order valence-corrected chi connectivity index (χ3v) is 5.45. The summed E-state index contributed by atoms with van der Waals surface area (Å²) in [6.45, 7) is 1.21. The Morgan fingerprint density at radius 2 is 1.96 bits per heavy atom. The van der Waals surface area contributed by atoms with Gasteiger partial charge >= 0.3 is 6.09 Å². The van der Waals surface area contributed by atoms with E-state index in [-0.39, 0.29) is 33.8 Å². The fraction of sp³-hybridized carbons (Fsp3) is 0.467. The molecule has 2 N–H and O–H groups in total. The van der Waals surface area contributed by atoms with Crippen molar-refractivity contribution in [2.75, 3.05) is 18.0 Å². The van der Waals surface area contributed by atoms with Crippen molar-refractivity contribution in [3.8, 4) is 0 Å². The first-order valence-corrected chi connectivity index (χ1v) is 8.61. The van der Waals surface area contributed by atoms with Crippen molar-refractivity contribution < 1.29 is 14.3 Å². The molecule has 1 aliphatic heterocycles. The Balaban J connectivity index is 1.72. The van der Waals surface area contributed by atoms with Gasteiger partial charge in [-0.05, 0) is 36.3 Å². The Hall–Kier alpha value is -1.93. The zero-order valence-electron chi connectivity index (χ0n) is 12.9. The second-order valence-corrected chi connectivity index (χ2v) is 7.12. The van der Waals surface area contributed by atoms with Crippen molar-refractivity contribution in [1.82, 2.24) is 20.3 Å². The van der Waals surface area contributed by atoms with Crippen molar-refractivity contribution in [1.29, 1.82) is 0 Å². The Bertz CT molecular complexity index is 853. The number of fused-ring (bicyclic) bond motifs is 3. The molecular weight excluding hydrogens is 372 g/mol. The molecule has 1 saturated carbocycles. The van der Waals surface area contributed by atoms with Crippen molar-refractivity contribution in [2.45, 2.75) is 18.9 Å². The van der Waals surface area contributed by atoms with E-state index in [0.29, 0.717) is 24.3 Å². The smallest absolute Gasteiger partial charge is 0.404 e. The molecule has 3 atom stereocenters. The number of carboxylic acid groups (broad SMARTS) is 1. The fourth-order valence-electron chi connectivity index (χ4n) is 4.01. The molecule has 1 saturated heterocycles. The van der Waals surface area contributed by atoms with E-state index in [4.69, 9.17) is 28.3 Å². The predicted octanol–water partition coefficient (Wildman–Crippen LogP) is 2.95. The minimum absolute atomic E-state index is 0.0353. The Morgan fingerprint density at radius 3 is 2.60 bits per heavy atom.